The molecule has 10 aromatic rings. The van der Waals surface area contributed by atoms with Gasteiger partial charge in [0.2, 0.25) is 9.84 Å². The zero-order valence-corrected chi connectivity index (χ0v) is 30.2. The molecule has 5 heteroatoms. The predicted molar refractivity (Wildman–Crippen MR) is 222 cm³/mol. The van der Waals surface area contributed by atoms with E-state index in [1.165, 1.54) is 38.1 Å². The monoisotopic (exact) mass is 712 g/mol. The molecule has 11 rings (SSSR count). The van der Waals surface area contributed by atoms with E-state index in [0.717, 1.165) is 44.2 Å². The second-order valence-electron chi connectivity index (χ2n) is 14.1. The first-order valence-electron chi connectivity index (χ1n) is 18.4. The lowest BCUT2D eigenvalue weighted by Crippen LogP contribution is -2.16. The maximum Gasteiger partial charge on any atom is 0.210 e. The molecule has 54 heavy (non-hydrogen) atoms. The highest BCUT2D eigenvalue weighted by Crippen LogP contribution is 2.49. The van der Waals surface area contributed by atoms with Crippen molar-refractivity contribution in [3.05, 3.63) is 170 Å². The molecule has 0 radical (unpaired) electrons. The van der Waals surface area contributed by atoms with Gasteiger partial charge in [-0.3, -0.25) is 4.57 Å². The molecule has 1 aliphatic rings. The van der Waals surface area contributed by atoms with E-state index in [9.17, 15) is 8.42 Å². The molecule has 0 saturated carbocycles. The molecular weight excluding hydrogens is 681 g/mol. The van der Waals surface area contributed by atoms with Crippen LogP contribution in [-0.4, -0.2) is 18.0 Å². The first kappa shape index (κ1) is 31.0. The van der Waals surface area contributed by atoms with Crippen LogP contribution in [0.2, 0.25) is 0 Å². The number of para-hydroxylation sites is 2. The lowest BCUT2D eigenvalue weighted by Gasteiger charge is -2.24. The van der Waals surface area contributed by atoms with Gasteiger partial charge >= 0.3 is 0 Å². The third-order valence-electron chi connectivity index (χ3n) is 11.3. The summed E-state index contributed by atoms with van der Waals surface area (Å²) in [5.74, 6) is 0.836. The van der Waals surface area contributed by atoms with Gasteiger partial charge in [0.15, 0.2) is 0 Å². The summed E-state index contributed by atoms with van der Waals surface area (Å²) >= 11 is 0. The second kappa shape index (κ2) is 11.5. The number of hydrogen-bond donors (Lipinski definition) is 0. The van der Waals surface area contributed by atoms with Crippen molar-refractivity contribution in [3.63, 3.8) is 0 Å². The van der Waals surface area contributed by atoms with Crippen molar-refractivity contribution >= 4 is 64.0 Å². The quantitative estimate of drug-likeness (QED) is 0.171. The van der Waals surface area contributed by atoms with E-state index >= 15 is 0 Å². The van der Waals surface area contributed by atoms with Crippen LogP contribution in [0.5, 0.6) is 0 Å². The Morgan fingerprint density at radius 2 is 1.02 bits per heavy atom. The summed E-state index contributed by atoms with van der Waals surface area (Å²) in [5.41, 5.74) is 8.48. The maximum atomic E-state index is 14.4. The Morgan fingerprint density at radius 1 is 0.500 bits per heavy atom. The summed E-state index contributed by atoms with van der Waals surface area (Å²) in [6.45, 7) is 2.07. The first-order chi connectivity index (χ1) is 26.5. The van der Waals surface area contributed by atoms with E-state index in [1.807, 2.05) is 12.1 Å². The standard InChI is InChI=1S/C49H32N2O2S/c1-2-45-50-42-24-12-26-44-49(42)51(45)48-35(21-11-25-43(48)54(44,52)53)32-27-28-40-41(29-32)47(37-23-10-16-31-14-4-6-18-34(31)37)39-20-8-7-19-38(39)46(40)36-22-9-15-30-13-3-5-17-33(30)36/h3-29H,2H2,1H3. The van der Waals surface area contributed by atoms with E-state index in [4.69, 9.17) is 4.98 Å². The van der Waals surface area contributed by atoms with Crippen molar-refractivity contribution in [3.8, 4) is 39.1 Å². The molecule has 0 saturated heterocycles. The van der Waals surface area contributed by atoms with Gasteiger partial charge in [0.05, 0.1) is 26.5 Å². The molecule has 0 amide bonds. The van der Waals surface area contributed by atoms with Crippen LogP contribution in [0.4, 0.5) is 0 Å². The molecule has 2 heterocycles. The van der Waals surface area contributed by atoms with Gasteiger partial charge in [0.1, 0.15) is 5.82 Å². The van der Waals surface area contributed by atoms with Crippen molar-refractivity contribution in [2.45, 2.75) is 23.1 Å². The van der Waals surface area contributed by atoms with Crippen LogP contribution in [-0.2, 0) is 16.3 Å². The predicted octanol–water partition coefficient (Wildman–Crippen LogP) is 12.3. The fourth-order valence-corrected chi connectivity index (χ4v) is 10.6. The molecule has 0 N–H and O–H groups in total. The van der Waals surface area contributed by atoms with Crippen molar-refractivity contribution in [1.82, 2.24) is 9.55 Å². The van der Waals surface area contributed by atoms with Crippen LogP contribution in [0.1, 0.15) is 12.7 Å². The minimum absolute atomic E-state index is 0.303. The fraction of sp³-hybridized carbons (Fsp3) is 0.0408. The summed E-state index contributed by atoms with van der Waals surface area (Å²) in [7, 11) is -3.80. The number of aryl methyl sites for hydroxylation is 1. The smallest absolute Gasteiger partial charge is 0.210 e. The molecule has 0 aliphatic carbocycles. The number of sulfone groups is 1. The van der Waals surface area contributed by atoms with Gasteiger partial charge in [0, 0.05) is 12.0 Å². The highest BCUT2D eigenvalue weighted by molar-refractivity contribution is 7.92. The molecule has 1 aliphatic heterocycles. The largest absolute Gasteiger partial charge is 0.293 e. The topological polar surface area (TPSA) is 52.0 Å². The number of benzene rings is 9. The average molecular weight is 713 g/mol. The molecule has 256 valence electrons. The number of aromatic nitrogens is 2. The number of fused-ring (bicyclic) bond motifs is 6. The van der Waals surface area contributed by atoms with E-state index in [2.05, 4.69) is 145 Å². The Balaban J connectivity index is 1.30. The SMILES string of the molecule is CCc1nc2cccc3c2n1-c1c(-c2ccc4c(-c5cccc6ccccc56)c5ccccc5c(-c5cccc6ccccc56)c4c2)cccc1S3(=O)=O. The number of rotatable bonds is 4. The zero-order valence-electron chi connectivity index (χ0n) is 29.4. The molecule has 4 nitrogen and oxygen atoms in total. The molecule has 0 atom stereocenters. The molecule has 0 spiro atoms. The number of nitrogens with zero attached hydrogens (tertiary/aromatic N) is 2. The highest BCUT2D eigenvalue weighted by Gasteiger charge is 2.35. The summed E-state index contributed by atoms with van der Waals surface area (Å²) < 4.78 is 30.8. The summed E-state index contributed by atoms with van der Waals surface area (Å²) in [6.07, 6.45) is 0.658. The molecule has 0 fully saturated rings. The Bertz CT molecular complexity index is 3330. The summed E-state index contributed by atoms with van der Waals surface area (Å²) in [6, 6.07) is 56.8. The third kappa shape index (κ3) is 4.24. The normalized spacial score (nSPS) is 13.3. The molecule has 1 aromatic heterocycles. The van der Waals surface area contributed by atoms with Gasteiger partial charge in [-0.15, -0.1) is 0 Å². The molecular formula is C49H32N2O2S. The lowest BCUT2D eigenvalue weighted by atomic mass is 9.83. The van der Waals surface area contributed by atoms with Crippen molar-refractivity contribution < 1.29 is 8.42 Å². The van der Waals surface area contributed by atoms with Gasteiger partial charge in [-0.2, -0.15) is 0 Å². The fourth-order valence-electron chi connectivity index (χ4n) is 8.97. The minimum Gasteiger partial charge on any atom is -0.293 e. The minimum atomic E-state index is -3.80. The third-order valence-corrected chi connectivity index (χ3v) is 13.1. The van der Waals surface area contributed by atoms with Gasteiger partial charge < -0.3 is 0 Å². The van der Waals surface area contributed by atoms with E-state index < -0.39 is 9.84 Å². The second-order valence-corrected chi connectivity index (χ2v) is 16.0. The Morgan fingerprint density at radius 3 is 1.69 bits per heavy atom. The van der Waals surface area contributed by atoms with Gasteiger partial charge in [-0.05, 0) is 95.2 Å². The molecule has 0 unspecified atom stereocenters. The first-order valence-corrected chi connectivity index (χ1v) is 19.8. The van der Waals surface area contributed by atoms with E-state index in [0.29, 0.717) is 32.9 Å². The van der Waals surface area contributed by atoms with Crippen LogP contribution in [0.3, 0.4) is 0 Å². The molecule has 9 aromatic carbocycles. The van der Waals surface area contributed by atoms with Crippen LogP contribution in [0.15, 0.2) is 174 Å². The Labute approximate surface area is 312 Å². The Kier molecular flexibility index (Phi) is 6.59. The summed E-state index contributed by atoms with van der Waals surface area (Å²) in [5, 5.41) is 9.35. The number of imidazole rings is 1. The van der Waals surface area contributed by atoms with Crippen LogP contribution in [0, 0.1) is 0 Å². The van der Waals surface area contributed by atoms with E-state index in [-0.39, 0.29) is 0 Å². The van der Waals surface area contributed by atoms with Gasteiger partial charge in [-0.25, -0.2) is 13.4 Å². The average Bonchev–Trinajstić information content (AvgIpc) is 3.60. The van der Waals surface area contributed by atoms with E-state index in [1.54, 1.807) is 18.2 Å². The number of hydrogen-bond acceptors (Lipinski definition) is 3. The maximum absolute atomic E-state index is 14.4. The van der Waals surface area contributed by atoms with Crippen LogP contribution in [0.25, 0.3) is 93.2 Å². The van der Waals surface area contributed by atoms with Gasteiger partial charge in [-0.1, -0.05) is 146 Å². The van der Waals surface area contributed by atoms with Crippen molar-refractivity contribution in [2.24, 2.45) is 0 Å². The molecule has 0 bridgehead atoms. The lowest BCUT2D eigenvalue weighted by molar-refractivity contribution is 0.594. The van der Waals surface area contributed by atoms with Crippen LogP contribution < -0.4 is 0 Å². The summed E-state index contributed by atoms with van der Waals surface area (Å²) in [4.78, 5) is 5.55. The van der Waals surface area contributed by atoms with Gasteiger partial charge in [0.25, 0.3) is 0 Å². The van der Waals surface area contributed by atoms with Crippen LogP contribution >= 0.6 is 0 Å². The Hall–Kier alpha value is -6.56. The highest BCUT2D eigenvalue weighted by atomic mass is 32.2. The zero-order chi connectivity index (χ0) is 36.1. The van der Waals surface area contributed by atoms with Crippen molar-refractivity contribution in [2.75, 3.05) is 0 Å². The van der Waals surface area contributed by atoms with Crippen molar-refractivity contribution in [1.29, 1.82) is 0 Å².